The lowest BCUT2D eigenvalue weighted by molar-refractivity contribution is -0.385. The molecule has 0 bridgehead atoms. The highest BCUT2D eigenvalue weighted by Crippen LogP contribution is 2.58. The summed E-state index contributed by atoms with van der Waals surface area (Å²) in [6.07, 6.45) is 1.90. The second-order valence-electron chi connectivity index (χ2n) is 11.4. The number of methoxy groups -OCH3 is 1. The lowest BCUT2D eigenvalue weighted by Gasteiger charge is -2.39. The van der Waals surface area contributed by atoms with Crippen LogP contribution in [0.3, 0.4) is 0 Å². The number of hydrogen-bond donors (Lipinski definition) is 3. The number of fused-ring (bicyclic) bond motifs is 2. The van der Waals surface area contributed by atoms with Gasteiger partial charge in [0.25, 0.3) is 5.69 Å². The van der Waals surface area contributed by atoms with Crippen LogP contribution < -0.4 is 10.6 Å². The predicted octanol–water partition coefficient (Wildman–Crippen LogP) is 5.00. The molecule has 4 atom stereocenters. The van der Waals surface area contributed by atoms with E-state index in [0.717, 1.165) is 18.9 Å². The molecule has 2 heterocycles. The number of carbonyl (C=O) groups is 2. The number of carbonyl (C=O) groups excluding carboxylic acids is 2. The number of anilines is 1. The number of hydrogen-bond acceptors (Lipinski definition) is 8. The summed E-state index contributed by atoms with van der Waals surface area (Å²) in [6, 6.07) is 12.2. The summed E-state index contributed by atoms with van der Waals surface area (Å²) in [6.45, 7) is -0.00396. The standard InChI is InChI=1S/C31H29Cl2FN4O6/c1-44-29(40)17-7-8-18(24(11-17)38(42)43)13-35-28-25(15-39)37(14-16-5-6-16)31(26(28)20-3-2-4-22(33)27(20)34)21-10-9-19(32)12-23(21)36-30(31)41/h2-4,7-12,16,25-26,28,35,39H,5-6,13-15H2,1H3,(H,36,41)/t25-,26-,28+,31+/m1/s1. The maximum absolute atomic E-state index is 16.0. The maximum Gasteiger partial charge on any atom is 0.338 e. The molecule has 1 aliphatic carbocycles. The number of esters is 1. The largest absolute Gasteiger partial charge is 0.465 e. The van der Waals surface area contributed by atoms with E-state index in [-0.39, 0.29) is 46.5 Å². The molecule has 10 nitrogen and oxygen atoms in total. The molecule has 3 aromatic rings. The van der Waals surface area contributed by atoms with Crippen LogP contribution in [0.25, 0.3) is 0 Å². The molecule has 2 fully saturated rings. The summed E-state index contributed by atoms with van der Waals surface area (Å²) in [5.41, 5.74) is -0.256. The van der Waals surface area contributed by atoms with Gasteiger partial charge in [0.15, 0.2) is 0 Å². The highest BCUT2D eigenvalue weighted by atomic mass is 35.5. The smallest absolute Gasteiger partial charge is 0.338 e. The van der Waals surface area contributed by atoms with Gasteiger partial charge in [0.1, 0.15) is 11.4 Å². The first kappa shape index (κ1) is 30.4. The number of ether oxygens (including phenoxy) is 1. The van der Waals surface area contributed by atoms with E-state index in [1.54, 1.807) is 30.3 Å². The fraction of sp³-hybridized carbons (Fsp3) is 0.355. The van der Waals surface area contributed by atoms with E-state index in [0.29, 0.717) is 22.8 Å². The van der Waals surface area contributed by atoms with Gasteiger partial charge >= 0.3 is 5.97 Å². The van der Waals surface area contributed by atoms with Crippen molar-refractivity contribution in [3.05, 3.63) is 103 Å². The highest BCUT2D eigenvalue weighted by Gasteiger charge is 2.67. The fourth-order valence-electron chi connectivity index (χ4n) is 6.86. The number of rotatable bonds is 9. The van der Waals surface area contributed by atoms with Gasteiger partial charge in [-0.3, -0.25) is 19.8 Å². The molecule has 1 amide bonds. The average Bonchev–Trinajstić information content (AvgIpc) is 3.73. The van der Waals surface area contributed by atoms with Crippen molar-refractivity contribution in [3.8, 4) is 0 Å². The second kappa shape index (κ2) is 11.7. The molecule has 1 saturated heterocycles. The topological polar surface area (TPSA) is 134 Å². The molecule has 3 N–H and O–H groups in total. The number of nitro benzene ring substituents is 1. The van der Waals surface area contributed by atoms with Crippen molar-refractivity contribution < 1.29 is 28.7 Å². The number of aliphatic hydroxyl groups excluding tert-OH is 1. The van der Waals surface area contributed by atoms with Crippen molar-refractivity contribution in [1.29, 1.82) is 0 Å². The SMILES string of the molecule is COC(=O)c1ccc(CN[C@H]2[C@@H](CO)N(CC3CC3)[C@]3(C(=O)Nc4cc(Cl)ccc43)[C@@H]2c2cccc(Cl)c2F)c([N+](=O)[O-])c1. The van der Waals surface area contributed by atoms with E-state index >= 15 is 4.39 Å². The van der Waals surface area contributed by atoms with Crippen LogP contribution in [0.4, 0.5) is 15.8 Å². The van der Waals surface area contributed by atoms with E-state index in [1.165, 1.54) is 25.3 Å². The number of halogens is 3. The molecule has 1 spiro atoms. The minimum Gasteiger partial charge on any atom is -0.465 e. The number of aliphatic hydroxyl groups is 1. The number of likely N-dealkylation sites (tertiary alicyclic amines) is 1. The summed E-state index contributed by atoms with van der Waals surface area (Å²) in [4.78, 5) is 39.7. The number of nitrogens with one attached hydrogen (secondary N) is 2. The molecule has 0 unspecified atom stereocenters. The van der Waals surface area contributed by atoms with E-state index in [2.05, 4.69) is 10.6 Å². The zero-order valence-electron chi connectivity index (χ0n) is 23.6. The van der Waals surface area contributed by atoms with Crippen molar-refractivity contribution >= 4 is 46.5 Å². The Morgan fingerprint density at radius 3 is 2.68 bits per heavy atom. The quantitative estimate of drug-likeness (QED) is 0.169. The number of nitro groups is 1. The molecule has 3 aromatic carbocycles. The summed E-state index contributed by atoms with van der Waals surface area (Å²) < 4.78 is 20.7. The van der Waals surface area contributed by atoms with Gasteiger partial charge in [-0.2, -0.15) is 0 Å². The number of amides is 1. The summed E-state index contributed by atoms with van der Waals surface area (Å²) in [5, 5.41) is 29.5. The fourth-order valence-corrected chi connectivity index (χ4v) is 7.22. The molecule has 2 aliphatic heterocycles. The van der Waals surface area contributed by atoms with Gasteiger partial charge < -0.3 is 20.5 Å². The Morgan fingerprint density at radius 2 is 2.00 bits per heavy atom. The summed E-state index contributed by atoms with van der Waals surface area (Å²) in [7, 11) is 1.18. The van der Waals surface area contributed by atoms with Crippen molar-refractivity contribution in [3.63, 3.8) is 0 Å². The Hall–Kier alpha value is -3.61. The van der Waals surface area contributed by atoms with E-state index < -0.39 is 46.2 Å². The second-order valence-corrected chi connectivity index (χ2v) is 12.2. The van der Waals surface area contributed by atoms with Crippen molar-refractivity contribution in [2.45, 2.75) is 42.9 Å². The van der Waals surface area contributed by atoms with Gasteiger partial charge in [-0.25, -0.2) is 9.18 Å². The van der Waals surface area contributed by atoms with Gasteiger partial charge in [-0.1, -0.05) is 47.5 Å². The molecular formula is C31H29Cl2FN4O6. The molecular weight excluding hydrogens is 614 g/mol. The Bertz CT molecular complexity index is 1670. The molecule has 44 heavy (non-hydrogen) atoms. The van der Waals surface area contributed by atoms with Crippen molar-refractivity contribution in [1.82, 2.24) is 10.2 Å². The Balaban J connectivity index is 1.51. The van der Waals surface area contributed by atoms with E-state index in [1.807, 2.05) is 4.90 Å². The van der Waals surface area contributed by atoms with Crippen molar-refractivity contribution in [2.75, 3.05) is 25.6 Å². The third kappa shape index (κ3) is 4.93. The maximum atomic E-state index is 16.0. The van der Waals surface area contributed by atoms with Gasteiger partial charge in [0.05, 0.1) is 35.3 Å². The Kier molecular flexibility index (Phi) is 8.10. The zero-order chi connectivity index (χ0) is 31.3. The summed E-state index contributed by atoms with van der Waals surface area (Å²) in [5.74, 6) is -2.45. The Morgan fingerprint density at radius 1 is 1.23 bits per heavy atom. The van der Waals surface area contributed by atoms with E-state index in [4.69, 9.17) is 27.9 Å². The third-order valence-electron chi connectivity index (χ3n) is 8.95. The lowest BCUT2D eigenvalue weighted by atomic mass is 9.73. The third-order valence-corrected chi connectivity index (χ3v) is 9.48. The van der Waals surface area contributed by atoms with Crippen LogP contribution in [0.1, 0.15) is 45.8 Å². The molecule has 13 heteroatoms. The molecule has 6 rings (SSSR count). The molecule has 0 radical (unpaired) electrons. The van der Waals surface area contributed by atoms with Crippen LogP contribution >= 0.6 is 23.2 Å². The first-order valence-corrected chi connectivity index (χ1v) is 14.9. The normalized spacial score (nSPS) is 24.4. The van der Waals surface area contributed by atoms with Crippen molar-refractivity contribution in [2.24, 2.45) is 5.92 Å². The van der Waals surface area contributed by atoms with E-state index in [9.17, 15) is 24.8 Å². The minimum absolute atomic E-state index is 0.0170. The highest BCUT2D eigenvalue weighted by molar-refractivity contribution is 6.31. The predicted molar refractivity (Wildman–Crippen MR) is 161 cm³/mol. The van der Waals surface area contributed by atoms with Gasteiger partial charge in [0.2, 0.25) is 5.91 Å². The number of benzene rings is 3. The molecule has 1 saturated carbocycles. The van der Waals surface area contributed by atoms with Gasteiger partial charge in [0, 0.05) is 53.0 Å². The van der Waals surface area contributed by atoms with Crippen LogP contribution in [-0.2, 0) is 21.6 Å². The monoisotopic (exact) mass is 642 g/mol. The van der Waals surface area contributed by atoms with Crippen LogP contribution in [0.5, 0.6) is 0 Å². The number of nitrogens with zero attached hydrogens (tertiary/aromatic N) is 2. The van der Waals surface area contributed by atoms with Gasteiger partial charge in [-0.15, -0.1) is 0 Å². The van der Waals surface area contributed by atoms with Crippen LogP contribution in [0.2, 0.25) is 10.0 Å². The zero-order valence-corrected chi connectivity index (χ0v) is 25.1. The van der Waals surface area contributed by atoms with Crippen LogP contribution in [0.15, 0.2) is 54.6 Å². The molecule has 3 aliphatic rings. The molecule has 0 aromatic heterocycles. The van der Waals surface area contributed by atoms with Crippen LogP contribution in [0, 0.1) is 21.8 Å². The summed E-state index contributed by atoms with van der Waals surface area (Å²) >= 11 is 12.6. The lowest BCUT2D eigenvalue weighted by Crippen LogP contribution is -2.53. The first-order valence-electron chi connectivity index (χ1n) is 14.1. The van der Waals surface area contributed by atoms with Gasteiger partial charge in [-0.05, 0) is 48.6 Å². The van der Waals surface area contributed by atoms with Crippen LogP contribution in [-0.4, -0.2) is 59.2 Å². The Labute approximate surface area is 262 Å². The first-order chi connectivity index (χ1) is 21.1. The molecule has 230 valence electrons. The minimum atomic E-state index is -1.46. The average molecular weight is 643 g/mol.